The Labute approximate surface area is 155 Å². The van der Waals surface area contributed by atoms with E-state index in [9.17, 15) is 9.59 Å². The Hall–Kier alpha value is -3.85. The number of hydrogen-bond acceptors (Lipinski definition) is 5. The van der Waals surface area contributed by atoms with Crippen molar-refractivity contribution in [2.75, 3.05) is 18.5 Å². The normalized spacial score (nSPS) is 10.0. The molecule has 1 N–H and O–H groups in total. The van der Waals surface area contributed by atoms with E-state index in [4.69, 9.17) is 14.7 Å². The lowest BCUT2D eigenvalue weighted by atomic mass is 10.1. The van der Waals surface area contributed by atoms with Gasteiger partial charge in [-0.25, -0.2) is 4.79 Å². The fourth-order valence-electron chi connectivity index (χ4n) is 2.41. The lowest BCUT2D eigenvalue weighted by Gasteiger charge is -2.08. The van der Waals surface area contributed by atoms with E-state index < -0.39 is 18.5 Å². The first-order valence-electron chi connectivity index (χ1n) is 8.21. The minimum atomic E-state index is -0.641. The summed E-state index contributed by atoms with van der Waals surface area (Å²) < 4.78 is 10.3. The van der Waals surface area contributed by atoms with E-state index in [0.29, 0.717) is 17.0 Å². The summed E-state index contributed by atoms with van der Waals surface area (Å²) >= 11 is 0. The fourth-order valence-corrected chi connectivity index (χ4v) is 2.41. The van der Waals surface area contributed by atoms with Crippen molar-refractivity contribution < 1.29 is 19.1 Å². The summed E-state index contributed by atoms with van der Waals surface area (Å²) in [6, 6.07) is 21.7. The van der Waals surface area contributed by atoms with Crippen LogP contribution in [0.4, 0.5) is 5.69 Å². The van der Waals surface area contributed by atoms with Crippen molar-refractivity contribution in [2.24, 2.45) is 0 Å². The van der Waals surface area contributed by atoms with Crippen molar-refractivity contribution in [3.8, 4) is 11.8 Å². The van der Waals surface area contributed by atoms with Gasteiger partial charge in [0, 0.05) is 5.69 Å². The number of hydrogen-bond donors (Lipinski definition) is 1. The summed E-state index contributed by atoms with van der Waals surface area (Å²) in [5, 5.41) is 13.4. The maximum Gasteiger partial charge on any atom is 0.344 e. The zero-order valence-corrected chi connectivity index (χ0v) is 14.3. The molecule has 1 amide bonds. The Bertz CT molecular complexity index is 1010. The SMILES string of the molecule is N#Cc1ccc(NC(=O)COC(=O)COc2ccc3ccccc3c2)cc1. The van der Waals surface area contributed by atoms with Crippen LogP contribution in [-0.2, 0) is 14.3 Å². The summed E-state index contributed by atoms with van der Waals surface area (Å²) in [6.07, 6.45) is 0. The predicted octanol–water partition coefficient (Wildman–Crippen LogP) is 3.27. The minimum Gasteiger partial charge on any atom is -0.482 e. The molecule has 6 heteroatoms. The van der Waals surface area contributed by atoms with Crippen molar-refractivity contribution in [1.82, 2.24) is 0 Å². The molecule has 0 unspecified atom stereocenters. The number of benzene rings is 3. The van der Waals surface area contributed by atoms with Crippen LogP contribution in [0.1, 0.15) is 5.56 Å². The first-order chi connectivity index (χ1) is 13.1. The largest absolute Gasteiger partial charge is 0.482 e. The van der Waals surface area contributed by atoms with E-state index in [1.165, 1.54) is 0 Å². The highest BCUT2D eigenvalue weighted by molar-refractivity contribution is 5.92. The van der Waals surface area contributed by atoms with E-state index in [1.54, 1.807) is 30.3 Å². The Balaban J connectivity index is 1.44. The molecule has 27 heavy (non-hydrogen) atoms. The number of anilines is 1. The average Bonchev–Trinajstić information content (AvgIpc) is 2.71. The predicted molar refractivity (Wildman–Crippen MR) is 100 cm³/mol. The van der Waals surface area contributed by atoms with E-state index in [-0.39, 0.29) is 6.61 Å². The molecule has 0 radical (unpaired) electrons. The van der Waals surface area contributed by atoms with Crippen molar-refractivity contribution in [3.63, 3.8) is 0 Å². The zero-order valence-electron chi connectivity index (χ0n) is 14.3. The van der Waals surface area contributed by atoms with Crippen LogP contribution in [0, 0.1) is 11.3 Å². The molecule has 0 saturated heterocycles. The number of nitrogens with one attached hydrogen (secondary N) is 1. The Morgan fingerprint density at radius 2 is 1.67 bits per heavy atom. The number of esters is 1. The highest BCUT2D eigenvalue weighted by atomic mass is 16.6. The van der Waals surface area contributed by atoms with Gasteiger partial charge in [0.2, 0.25) is 0 Å². The third kappa shape index (κ3) is 5.06. The van der Waals surface area contributed by atoms with Crippen molar-refractivity contribution in [2.45, 2.75) is 0 Å². The molecule has 3 rings (SSSR count). The number of carbonyl (C=O) groups is 2. The molecular formula is C21H16N2O4. The van der Waals surface area contributed by atoms with Gasteiger partial charge in [0.05, 0.1) is 11.6 Å². The van der Waals surface area contributed by atoms with Gasteiger partial charge in [0.25, 0.3) is 5.91 Å². The summed E-state index contributed by atoms with van der Waals surface area (Å²) in [5.74, 6) is -0.565. The van der Waals surface area contributed by atoms with Crippen LogP contribution >= 0.6 is 0 Å². The summed E-state index contributed by atoms with van der Waals surface area (Å²) in [4.78, 5) is 23.6. The third-order valence-corrected chi connectivity index (χ3v) is 3.74. The van der Waals surface area contributed by atoms with Crippen LogP contribution < -0.4 is 10.1 Å². The van der Waals surface area contributed by atoms with Gasteiger partial charge in [0.1, 0.15) is 5.75 Å². The van der Waals surface area contributed by atoms with Crippen molar-refractivity contribution in [3.05, 3.63) is 72.3 Å². The van der Waals surface area contributed by atoms with E-state index >= 15 is 0 Å². The first-order valence-corrected chi connectivity index (χ1v) is 8.21. The lowest BCUT2D eigenvalue weighted by molar-refractivity contribution is -0.149. The van der Waals surface area contributed by atoms with Gasteiger partial charge in [-0.15, -0.1) is 0 Å². The maximum atomic E-state index is 11.8. The first kappa shape index (κ1) is 18.0. The van der Waals surface area contributed by atoms with Gasteiger partial charge in [-0.2, -0.15) is 5.26 Å². The van der Waals surface area contributed by atoms with Gasteiger partial charge >= 0.3 is 5.97 Å². The number of fused-ring (bicyclic) bond motifs is 1. The number of nitriles is 1. The Morgan fingerprint density at radius 3 is 2.41 bits per heavy atom. The molecule has 0 aliphatic carbocycles. The lowest BCUT2D eigenvalue weighted by Crippen LogP contribution is -2.23. The van der Waals surface area contributed by atoms with Crippen LogP contribution in [-0.4, -0.2) is 25.1 Å². The molecule has 0 aromatic heterocycles. The Kier molecular flexibility index (Phi) is 5.65. The van der Waals surface area contributed by atoms with Gasteiger partial charge < -0.3 is 14.8 Å². The van der Waals surface area contributed by atoms with E-state index in [0.717, 1.165) is 10.8 Å². The van der Waals surface area contributed by atoms with Crippen molar-refractivity contribution in [1.29, 1.82) is 5.26 Å². The van der Waals surface area contributed by atoms with E-state index in [1.807, 2.05) is 42.5 Å². The summed E-state index contributed by atoms with van der Waals surface area (Å²) in [5.41, 5.74) is 1.01. The maximum absolute atomic E-state index is 11.8. The third-order valence-electron chi connectivity index (χ3n) is 3.74. The van der Waals surface area contributed by atoms with Crippen LogP contribution in [0.5, 0.6) is 5.75 Å². The fraction of sp³-hybridized carbons (Fsp3) is 0.0952. The second-order valence-electron chi connectivity index (χ2n) is 5.70. The standard InChI is InChI=1S/C21H16N2O4/c22-12-15-5-8-18(9-6-15)23-20(24)13-27-21(25)14-26-19-10-7-16-3-1-2-4-17(16)11-19/h1-11H,13-14H2,(H,23,24). The van der Waals surface area contributed by atoms with Crippen molar-refractivity contribution >= 4 is 28.3 Å². The molecule has 3 aromatic rings. The molecule has 0 atom stereocenters. The van der Waals surface area contributed by atoms with Crippen LogP contribution in [0.25, 0.3) is 10.8 Å². The van der Waals surface area contributed by atoms with E-state index in [2.05, 4.69) is 5.32 Å². The molecule has 0 fully saturated rings. The minimum absolute atomic E-state index is 0.289. The van der Waals surface area contributed by atoms with Gasteiger partial charge in [-0.3, -0.25) is 4.79 Å². The number of amides is 1. The number of carbonyl (C=O) groups excluding carboxylic acids is 2. The Morgan fingerprint density at radius 1 is 0.926 bits per heavy atom. The van der Waals surface area contributed by atoms with Crippen LogP contribution in [0.3, 0.4) is 0 Å². The highest BCUT2D eigenvalue weighted by Gasteiger charge is 2.09. The highest BCUT2D eigenvalue weighted by Crippen LogP contribution is 2.20. The second kappa shape index (κ2) is 8.50. The number of rotatable bonds is 6. The van der Waals surface area contributed by atoms with Crippen LogP contribution in [0.15, 0.2) is 66.7 Å². The molecule has 0 aliphatic rings. The number of ether oxygens (including phenoxy) is 2. The monoisotopic (exact) mass is 360 g/mol. The molecular weight excluding hydrogens is 344 g/mol. The zero-order chi connectivity index (χ0) is 19.1. The molecule has 0 heterocycles. The molecule has 0 aliphatic heterocycles. The molecule has 134 valence electrons. The molecule has 0 bridgehead atoms. The van der Waals surface area contributed by atoms with Gasteiger partial charge in [-0.05, 0) is 47.2 Å². The summed E-state index contributed by atoms with van der Waals surface area (Å²) in [6.45, 7) is -0.706. The smallest absolute Gasteiger partial charge is 0.344 e. The molecule has 0 spiro atoms. The van der Waals surface area contributed by atoms with Crippen LogP contribution in [0.2, 0.25) is 0 Å². The topological polar surface area (TPSA) is 88.4 Å². The summed E-state index contributed by atoms with van der Waals surface area (Å²) in [7, 11) is 0. The molecule has 0 saturated carbocycles. The number of nitrogens with zero attached hydrogens (tertiary/aromatic N) is 1. The van der Waals surface area contributed by atoms with Gasteiger partial charge in [0.15, 0.2) is 13.2 Å². The molecule has 6 nitrogen and oxygen atoms in total. The second-order valence-corrected chi connectivity index (χ2v) is 5.70. The molecule has 3 aromatic carbocycles. The quantitative estimate of drug-likeness (QED) is 0.682. The van der Waals surface area contributed by atoms with Gasteiger partial charge in [-0.1, -0.05) is 30.3 Å². The average molecular weight is 360 g/mol.